The number of amides is 1. The van der Waals surface area contributed by atoms with E-state index in [2.05, 4.69) is 39.8 Å². The molecule has 1 atom stereocenters. The van der Waals surface area contributed by atoms with Gasteiger partial charge in [0.2, 0.25) is 5.96 Å². The van der Waals surface area contributed by atoms with Crippen LogP contribution in [0, 0.1) is 5.92 Å². The van der Waals surface area contributed by atoms with Crippen molar-refractivity contribution in [2.24, 2.45) is 15.9 Å². The van der Waals surface area contributed by atoms with Crippen LogP contribution in [0.25, 0.3) is 11.1 Å². The summed E-state index contributed by atoms with van der Waals surface area (Å²) in [5, 5.41) is 9.78. The van der Waals surface area contributed by atoms with Crippen LogP contribution in [0.5, 0.6) is 0 Å². The van der Waals surface area contributed by atoms with Crippen LogP contribution in [-0.2, 0) is 4.79 Å². The van der Waals surface area contributed by atoms with E-state index in [4.69, 9.17) is 21.0 Å². The van der Waals surface area contributed by atoms with Crippen molar-refractivity contribution < 1.29 is 9.21 Å². The molecule has 4 rings (SSSR count). The number of hydrogen-bond donors (Lipinski definition) is 3. The third kappa shape index (κ3) is 7.10. The number of guanidine groups is 1. The van der Waals surface area contributed by atoms with Gasteiger partial charge in [0.05, 0.1) is 17.8 Å². The van der Waals surface area contributed by atoms with Gasteiger partial charge in [-0.15, -0.1) is 0 Å². The number of anilines is 1. The van der Waals surface area contributed by atoms with Gasteiger partial charge in [-0.05, 0) is 38.0 Å². The quantitative estimate of drug-likeness (QED) is 0.295. The smallest absolute Gasteiger partial charge is 0.302 e. The van der Waals surface area contributed by atoms with Gasteiger partial charge in [-0.1, -0.05) is 75.7 Å². The maximum atomic E-state index is 13.4. The number of nitrogens with zero attached hydrogens (tertiary/aromatic N) is 3. The Labute approximate surface area is 229 Å². The second-order valence-corrected chi connectivity index (χ2v) is 9.06. The van der Waals surface area contributed by atoms with E-state index in [1.807, 2.05) is 76.2 Å². The molecule has 2 heterocycles. The van der Waals surface area contributed by atoms with Crippen LogP contribution in [0.2, 0.25) is 5.02 Å². The van der Waals surface area contributed by atoms with Crippen molar-refractivity contribution in [2.75, 3.05) is 11.9 Å². The van der Waals surface area contributed by atoms with Crippen molar-refractivity contribution >= 4 is 46.8 Å². The lowest BCUT2D eigenvalue weighted by atomic mass is 9.95. The molecule has 0 radical (unpaired) electrons. The predicted molar refractivity (Wildman–Crippen MR) is 157 cm³/mol. The second-order valence-electron chi connectivity index (χ2n) is 8.65. The maximum absolute atomic E-state index is 13.4. The Hall–Kier alpha value is -3.91. The number of hydrogen-bond acceptors (Lipinski definition) is 7. The zero-order valence-electron chi connectivity index (χ0n) is 22.7. The monoisotopic (exact) mass is 534 g/mol. The number of aliphatic imine (C=N–C) groups is 2. The molecule has 0 saturated carbocycles. The van der Waals surface area contributed by atoms with Crippen molar-refractivity contribution in [3.8, 4) is 0 Å². The number of carbonyl (C=O) groups is 1. The molecule has 9 heteroatoms. The zero-order valence-corrected chi connectivity index (χ0v) is 23.4. The van der Waals surface area contributed by atoms with Crippen LogP contribution in [0.15, 0.2) is 86.0 Å². The van der Waals surface area contributed by atoms with Gasteiger partial charge >= 0.3 is 6.01 Å². The molecule has 0 fully saturated rings. The van der Waals surface area contributed by atoms with Crippen molar-refractivity contribution in [1.82, 2.24) is 15.6 Å². The van der Waals surface area contributed by atoms with Crippen LogP contribution in [0.3, 0.4) is 0 Å². The molecule has 3 aromatic rings. The number of rotatable bonds is 7. The third-order valence-electron chi connectivity index (χ3n) is 5.46. The predicted octanol–water partition coefficient (Wildman–Crippen LogP) is 6.64. The number of oxazole rings is 1. The van der Waals surface area contributed by atoms with Crippen molar-refractivity contribution in [2.45, 2.75) is 47.6 Å². The van der Waals surface area contributed by atoms with E-state index < -0.39 is 6.04 Å². The molecular weight excluding hydrogens is 500 g/mol. The van der Waals surface area contributed by atoms with Gasteiger partial charge in [-0.2, -0.15) is 4.98 Å². The van der Waals surface area contributed by atoms with Crippen LogP contribution < -0.4 is 16.0 Å². The molecule has 38 heavy (non-hydrogen) atoms. The SMILES string of the molecule is CC.CC=N/C(=C\C(C)C)CNC(=O)C1=C(C)NC(Nc2nc3ccccc3o2)=NC1c1ccccc1Cl. The van der Waals surface area contributed by atoms with Gasteiger partial charge < -0.3 is 15.1 Å². The Bertz CT molecular complexity index is 1350. The highest BCUT2D eigenvalue weighted by Gasteiger charge is 2.31. The van der Waals surface area contributed by atoms with Crippen LogP contribution in [-0.4, -0.2) is 29.6 Å². The number of aromatic nitrogens is 1. The minimum Gasteiger partial charge on any atom is -0.423 e. The molecular formula is C29H35ClN6O2. The Balaban J connectivity index is 0.00000195. The molecule has 2 aromatic carbocycles. The van der Waals surface area contributed by atoms with Gasteiger partial charge in [-0.25, -0.2) is 4.99 Å². The van der Waals surface area contributed by atoms with Crippen molar-refractivity contribution in [3.63, 3.8) is 0 Å². The normalized spacial score (nSPS) is 15.7. The van der Waals surface area contributed by atoms with E-state index in [0.717, 1.165) is 11.2 Å². The molecule has 1 aliphatic heterocycles. The molecule has 1 aromatic heterocycles. The molecule has 1 amide bonds. The summed E-state index contributed by atoms with van der Waals surface area (Å²) in [6.07, 6.45) is 3.74. The minimum absolute atomic E-state index is 0.254. The first-order valence-corrected chi connectivity index (χ1v) is 13.1. The molecule has 0 aliphatic carbocycles. The zero-order chi connectivity index (χ0) is 27.7. The van der Waals surface area contributed by atoms with Gasteiger partial charge in [0.25, 0.3) is 5.91 Å². The second kappa shape index (κ2) is 13.6. The van der Waals surface area contributed by atoms with E-state index >= 15 is 0 Å². The molecule has 1 aliphatic rings. The Morgan fingerprint density at radius 1 is 1.18 bits per heavy atom. The molecule has 0 bridgehead atoms. The lowest BCUT2D eigenvalue weighted by molar-refractivity contribution is -0.117. The number of fused-ring (bicyclic) bond motifs is 1. The van der Waals surface area contributed by atoms with Gasteiger partial charge in [-0.3, -0.25) is 15.1 Å². The summed E-state index contributed by atoms with van der Waals surface area (Å²) in [5.74, 6) is 0.450. The van der Waals surface area contributed by atoms with E-state index in [0.29, 0.717) is 51.9 Å². The standard InChI is InChI=1S/C27H29ClN6O2.C2H6/c1-5-29-18(14-16(2)3)15-30-25(35)23-17(4)31-26(33-24(23)19-10-6-7-11-20(19)28)34-27-32-21-12-8-9-13-22(21)36-27;1-2/h5-14,16,24H,15H2,1-4H3,(H,30,35)(H2,31,32,33,34);1-2H3/b18-14-,29-5?;. The fourth-order valence-electron chi connectivity index (χ4n) is 3.95. The topological polar surface area (TPSA) is 104 Å². The first-order valence-electron chi connectivity index (χ1n) is 12.8. The van der Waals surface area contributed by atoms with Crippen LogP contribution in [0.4, 0.5) is 6.01 Å². The fraction of sp³-hybridized carbons (Fsp3) is 0.310. The van der Waals surface area contributed by atoms with Gasteiger partial charge in [0.1, 0.15) is 11.6 Å². The number of benzene rings is 2. The Kier molecular flexibility index (Phi) is 10.2. The highest BCUT2D eigenvalue weighted by atomic mass is 35.5. The average Bonchev–Trinajstić information content (AvgIpc) is 3.30. The molecule has 8 nitrogen and oxygen atoms in total. The van der Waals surface area contributed by atoms with Crippen molar-refractivity contribution in [3.05, 3.63) is 82.2 Å². The maximum Gasteiger partial charge on any atom is 0.302 e. The lowest BCUT2D eigenvalue weighted by Gasteiger charge is -2.27. The lowest BCUT2D eigenvalue weighted by Crippen LogP contribution is -2.39. The van der Waals surface area contributed by atoms with E-state index in [1.54, 1.807) is 12.3 Å². The van der Waals surface area contributed by atoms with Crippen LogP contribution in [0.1, 0.15) is 53.1 Å². The molecule has 1 unspecified atom stereocenters. The number of halogens is 1. The minimum atomic E-state index is -0.640. The van der Waals surface area contributed by atoms with E-state index in [-0.39, 0.29) is 5.91 Å². The van der Waals surface area contributed by atoms with Gasteiger partial charge in [0, 0.05) is 22.5 Å². The highest BCUT2D eigenvalue weighted by molar-refractivity contribution is 6.31. The number of para-hydroxylation sites is 2. The van der Waals surface area contributed by atoms with Crippen molar-refractivity contribution in [1.29, 1.82) is 0 Å². The largest absolute Gasteiger partial charge is 0.423 e. The Morgan fingerprint density at radius 3 is 2.58 bits per heavy atom. The number of allylic oxidation sites excluding steroid dienone is 2. The number of nitrogens with one attached hydrogen (secondary N) is 3. The summed E-state index contributed by atoms with van der Waals surface area (Å²) in [7, 11) is 0. The average molecular weight is 535 g/mol. The first kappa shape index (κ1) is 28.7. The van der Waals surface area contributed by atoms with Crippen LogP contribution >= 0.6 is 11.6 Å². The molecule has 0 spiro atoms. The summed E-state index contributed by atoms with van der Waals surface area (Å²) in [5.41, 5.74) is 4.00. The van der Waals surface area contributed by atoms with E-state index in [1.165, 1.54) is 0 Å². The van der Waals surface area contributed by atoms with E-state index in [9.17, 15) is 4.79 Å². The van der Waals surface area contributed by atoms with Gasteiger partial charge in [0.15, 0.2) is 5.58 Å². The summed E-state index contributed by atoms with van der Waals surface area (Å²) in [6, 6.07) is 14.5. The first-order chi connectivity index (χ1) is 18.4. The summed E-state index contributed by atoms with van der Waals surface area (Å²) in [4.78, 5) is 27.1. The Morgan fingerprint density at radius 2 is 1.89 bits per heavy atom. The summed E-state index contributed by atoms with van der Waals surface area (Å²) < 4.78 is 5.78. The number of carbonyl (C=O) groups excluding carboxylic acids is 1. The highest BCUT2D eigenvalue weighted by Crippen LogP contribution is 2.35. The summed E-state index contributed by atoms with van der Waals surface area (Å²) in [6.45, 7) is 12.1. The molecule has 0 saturated heterocycles. The molecule has 200 valence electrons. The third-order valence-corrected chi connectivity index (χ3v) is 5.80. The summed E-state index contributed by atoms with van der Waals surface area (Å²) >= 11 is 6.54. The molecule has 3 N–H and O–H groups in total. The fourth-order valence-corrected chi connectivity index (χ4v) is 4.19.